The number of aryl methyl sites for hydroxylation is 1. The zero-order chi connectivity index (χ0) is 22.9. The summed E-state index contributed by atoms with van der Waals surface area (Å²) in [6, 6.07) is 20.1. The van der Waals surface area contributed by atoms with Gasteiger partial charge < -0.3 is 19.5 Å². The fourth-order valence-corrected chi connectivity index (χ4v) is 5.03. The predicted octanol–water partition coefficient (Wildman–Crippen LogP) is 5.07. The number of ether oxygens (including phenoxy) is 1. The maximum atomic E-state index is 5.86. The van der Waals surface area contributed by atoms with E-state index >= 15 is 0 Å². The van der Waals surface area contributed by atoms with Gasteiger partial charge in [0.2, 0.25) is 0 Å². The molecule has 1 N–H and O–H groups in total. The number of pyridine rings is 2. The van der Waals surface area contributed by atoms with Gasteiger partial charge in [0, 0.05) is 35.5 Å². The molecular formula is C26H25N5OS. The van der Waals surface area contributed by atoms with E-state index in [9.17, 15) is 0 Å². The standard InChI is InChI=1S/C26H25N5OS/c1-17-14-22(18(2)30(17)20-9-7-12-27-16-20)25-24(23-11-4-5-13-28-23)29-26(33)31(25)19-8-6-10-21(15-19)32-3/h4-16,24-25H,1-3H3,(H,29,33)/t24-,25-/m0/s1. The van der Waals surface area contributed by atoms with Crippen LogP contribution in [-0.4, -0.2) is 26.8 Å². The van der Waals surface area contributed by atoms with Crippen LogP contribution in [0.3, 0.4) is 0 Å². The molecule has 0 aliphatic carbocycles. The molecule has 0 unspecified atom stereocenters. The Kier molecular flexibility index (Phi) is 5.56. The van der Waals surface area contributed by atoms with Crippen LogP contribution in [0.15, 0.2) is 79.3 Å². The minimum atomic E-state index is -0.104. The Balaban J connectivity index is 1.68. The Morgan fingerprint density at radius 1 is 0.970 bits per heavy atom. The van der Waals surface area contributed by atoms with Crippen molar-refractivity contribution < 1.29 is 4.74 Å². The van der Waals surface area contributed by atoms with Crippen molar-refractivity contribution in [2.75, 3.05) is 12.0 Å². The first-order valence-corrected chi connectivity index (χ1v) is 11.2. The summed E-state index contributed by atoms with van der Waals surface area (Å²) in [5.41, 5.74) is 6.42. The highest BCUT2D eigenvalue weighted by Gasteiger charge is 2.42. The van der Waals surface area contributed by atoms with Gasteiger partial charge in [-0.25, -0.2) is 0 Å². The smallest absolute Gasteiger partial charge is 0.174 e. The van der Waals surface area contributed by atoms with Crippen molar-refractivity contribution in [2.45, 2.75) is 25.9 Å². The lowest BCUT2D eigenvalue weighted by Crippen LogP contribution is -2.29. The molecule has 1 aliphatic heterocycles. The minimum absolute atomic E-state index is 0.0869. The number of aromatic nitrogens is 3. The molecule has 1 aliphatic rings. The Hall–Kier alpha value is -3.71. The molecule has 3 aromatic heterocycles. The molecule has 33 heavy (non-hydrogen) atoms. The number of thiocarbonyl (C=S) groups is 1. The zero-order valence-corrected chi connectivity index (χ0v) is 19.6. The van der Waals surface area contributed by atoms with Crippen LogP contribution in [0.1, 0.15) is 34.7 Å². The molecule has 2 atom stereocenters. The third-order valence-corrected chi connectivity index (χ3v) is 6.44. The van der Waals surface area contributed by atoms with Crippen LogP contribution in [0.4, 0.5) is 5.69 Å². The lowest BCUT2D eigenvalue weighted by molar-refractivity contribution is 0.415. The Morgan fingerprint density at radius 2 is 1.82 bits per heavy atom. The summed E-state index contributed by atoms with van der Waals surface area (Å²) in [7, 11) is 1.68. The number of anilines is 1. The van der Waals surface area contributed by atoms with Crippen molar-refractivity contribution in [2.24, 2.45) is 0 Å². The first-order chi connectivity index (χ1) is 16.1. The molecule has 1 saturated heterocycles. The summed E-state index contributed by atoms with van der Waals surface area (Å²) in [6.45, 7) is 4.27. The van der Waals surface area contributed by atoms with Gasteiger partial charge in [-0.3, -0.25) is 9.97 Å². The molecule has 0 saturated carbocycles. The molecule has 0 spiro atoms. The second kappa shape index (κ2) is 8.67. The molecule has 0 radical (unpaired) electrons. The van der Waals surface area contributed by atoms with Gasteiger partial charge in [0.1, 0.15) is 5.75 Å². The van der Waals surface area contributed by atoms with Crippen LogP contribution in [0.25, 0.3) is 5.69 Å². The van der Waals surface area contributed by atoms with E-state index in [2.05, 4.69) is 56.8 Å². The summed E-state index contributed by atoms with van der Waals surface area (Å²) in [5.74, 6) is 0.788. The molecule has 166 valence electrons. The van der Waals surface area contributed by atoms with E-state index in [0.29, 0.717) is 5.11 Å². The van der Waals surface area contributed by atoms with Gasteiger partial charge in [0.25, 0.3) is 0 Å². The fraction of sp³-hybridized carbons (Fsp3) is 0.192. The third kappa shape index (κ3) is 3.74. The predicted molar refractivity (Wildman–Crippen MR) is 134 cm³/mol. The summed E-state index contributed by atoms with van der Waals surface area (Å²) in [6.07, 6.45) is 5.50. The quantitative estimate of drug-likeness (QED) is 0.424. The number of hydrogen-bond donors (Lipinski definition) is 1. The average Bonchev–Trinajstić information content (AvgIpc) is 3.35. The molecular weight excluding hydrogens is 430 g/mol. The second-order valence-corrected chi connectivity index (χ2v) is 8.46. The molecule has 0 amide bonds. The highest BCUT2D eigenvalue weighted by Crippen LogP contribution is 2.44. The molecule has 7 heteroatoms. The lowest BCUT2D eigenvalue weighted by atomic mass is 9.96. The van der Waals surface area contributed by atoms with Crippen LogP contribution in [0, 0.1) is 13.8 Å². The normalized spacial score (nSPS) is 17.8. The SMILES string of the molecule is COc1cccc(N2C(=S)N[C@@H](c3ccccn3)[C@@H]2c2cc(C)n(-c3cccnc3)c2C)c1. The van der Waals surface area contributed by atoms with E-state index in [1.54, 1.807) is 13.3 Å². The molecule has 4 aromatic rings. The van der Waals surface area contributed by atoms with Gasteiger partial charge in [0.15, 0.2) is 5.11 Å². The van der Waals surface area contributed by atoms with E-state index in [-0.39, 0.29) is 12.1 Å². The molecule has 5 rings (SSSR count). The van der Waals surface area contributed by atoms with E-state index in [1.807, 2.05) is 54.9 Å². The van der Waals surface area contributed by atoms with Crippen molar-refractivity contribution in [1.82, 2.24) is 19.9 Å². The van der Waals surface area contributed by atoms with Crippen molar-refractivity contribution in [3.05, 3.63) is 102 Å². The van der Waals surface area contributed by atoms with Gasteiger partial charge in [0.05, 0.1) is 36.8 Å². The number of methoxy groups -OCH3 is 1. The second-order valence-electron chi connectivity index (χ2n) is 8.07. The Morgan fingerprint density at radius 3 is 2.55 bits per heavy atom. The molecule has 4 heterocycles. The van der Waals surface area contributed by atoms with E-state index in [0.717, 1.165) is 34.2 Å². The van der Waals surface area contributed by atoms with Gasteiger partial charge in [-0.15, -0.1) is 0 Å². The van der Waals surface area contributed by atoms with Crippen molar-refractivity contribution in [3.8, 4) is 11.4 Å². The minimum Gasteiger partial charge on any atom is -0.497 e. The maximum Gasteiger partial charge on any atom is 0.174 e. The monoisotopic (exact) mass is 455 g/mol. The summed E-state index contributed by atoms with van der Waals surface area (Å²) in [4.78, 5) is 11.2. The Labute approximate surface area is 198 Å². The first kappa shape index (κ1) is 21.2. The third-order valence-electron chi connectivity index (χ3n) is 6.12. The largest absolute Gasteiger partial charge is 0.497 e. The Bertz CT molecular complexity index is 1290. The van der Waals surface area contributed by atoms with E-state index in [4.69, 9.17) is 17.0 Å². The highest BCUT2D eigenvalue weighted by molar-refractivity contribution is 7.80. The highest BCUT2D eigenvalue weighted by atomic mass is 32.1. The van der Waals surface area contributed by atoms with Crippen LogP contribution in [0.5, 0.6) is 5.75 Å². The molecule has 6 nitrogen and oxygen atoms in total. The number of rotatable bonds is 5. The molecule has 1 aromatic carbocycles. The summed E-state index contributed by atoms with van der Waals surface area (Å²) in [5, 5.41) is 4.20. The van der Waals surface area contributed by atoms with Crippen LogP contribution >= 0.6 is 12.2 Å². The average molecular weight is 456 g/mol. The van der Waals surface area contributed by atoms with Gasteiger partial charge in [-0.2, -0.15) is 0 Å². The van der Waals surface area contributed by atoms with Crippen LogP contribution < -0.4 is 15.0 Å². The molecule has 0 bridgehead atoms. The molecule has 1 fully saturated rings. The first-order valence-electron chi connectivity index (χ1n) is 10.8. The zero-order valence-electron chi connectivity index (χ0n) is 18.8. The van der Waals surface area contributed by atoms with Crippen molar-refractivity contribution in [3.63, 3.8) is 0 Å². The number of nitrogens with one attached hydrogen (secondary N) is 1. The lowest BCUT2D eigenvalue weighted by Gasteiger charge is -2.28. The van der Waals surface area contributed by atoms with Crippen molar-refractivity contribution >= 4 is 23.0 Å². The van der Waals surface area contributed by atoms with Crippen LogP contribution in [0.2, 0.25) is 0 Å². The maximum absolute atomic E-state index is 5.86. The number of hydrogen-bond acceptors (Lipinski definition) is 4. The van der Waals surface area contributed by atoms with Crippen LogP contribution in [-0.2, 0) is 0 Å². The topological polar surface area (TPSA) is 55.2 Å². The fourth-order valence-electron chi connectivity index (χ4n) is 4.68. The van der Waals surface area contributed by atoms with E-state index < -0.39 is 0 Å². The number of nitrogens with zero attached hydrogens (tertiary/aromatic N) is 4. The summed E-state index contributed by atoms with van der Waals surface area (Å²) < 4.78 is 7.73. The van der Waals surface area contributed by atoms with Gasteiger partial charge in [-0.05, 0) is 74.1 Å². The van der Waals surface area contributed by atoms with Gasteiger partial charge >= 0.3 is 0 Å². The van der Waals surface area contributed by atoms with Gasteiger partial charge in [-0.1, -0.05) is 12.1 Å². The number of benzene rings is 1. The van der Waals surface area contributed by atoms with Crippen molar-refractivity contribution in [1.29, 1.82) is 0 Å². The summed E-state index contributed by atoms with van der Waals surface area (Å²) >= 11 is 5.86. The van der Waals surface area contributed by atoms with E-state index in [1.165, 1.54) is 5.56 Å².